The molecule has 0 amide bonds. The molecule has 0 bridgehead atoms. The number of benzene rings is 8. The molecule has 4 aliphatic carbocycles. The molecule has 14 rings (SSSR count). The van der Waals surface area contributed by atoms with E-state index in [0.29, 0.717) is 0 Å². The summed E-state index contributed by atoms with van der Waals surface area (Å²) in [4.78, 5) is 7.35. The first kappa shape index (κ1) is 39.3. The zero-order valence-electron chi connectivity index (χ0n) is 38.9. The second kappa shape index (κ2) is 13.8. The fourth-order valence-electron chi connectivity index (χ4n) is 13.2. The highest BCUT2D eigenvalue weighted by molar-refractivity contribution is 6.00. The third kappa shape index (κ3) is 5.25. The first-order chi connectivity index (χ1) is 33.2. The van der Waals surface area contributed by atoms with Gasteiger partial charge in [-0.15, -0.1) is 0 Å². The Kier molecular flexibility index (Phi) is 8.00. The van der Waals surface area contributed by atoms with Crippen LogP contribution in [0.3, 0.4) is 0 Å². The summed E-state index contributed by atoms with van der Waals surface area (Å²) < 4.78 is 0. The lowest BCUT2D eigenvalue weighted by Gasteiger charge is -2.42. The van der Waals surface area contributed by atoms with Gasteiger partial charge < -0.3 is 14.7 Å². The van der Waals surface area contributed by atoms with E-state index in [1.807, 2.05) is 0 Å². The molecule has 0 N–H and O–H groups in total. The summed E-state index contributed by atoms with van der Waals surface area (Å²) in [6, 6.07) is 67.4. The van der Waals surface area contributed by atoms with Crippen LogP contribution in [0.5, 0.6) is 0 Å². The number of hydrogen-bond acceptors (Lipinski definition) is 3. The minimum absolute atomic E-state index is 0.00742. The van der Waals surface area contributed by atoms with Crippen LogP contribution >= 0.6 is 0 Å². The van der Waals surface area contributed by atoms with Crippen molar-refractivity contribution in [3.05, 3.63) is 250 Å². The molecule has 2 unspecified atom stereocenters. The average molecular weight is 874 g/mol. The number of nitrogens with zero attached hydrogens (tertiary/aromatic N) is 3. The smallest absolute Gasteiger partial charge is 0.0703 e. The van der Waals surface area contributed by atoms with Crippen LogP contribution in [0, 0.1) is 5.41 Å². The van der Waals surface area contributed by atoms with Crippen LogP contribution in [0.2, 0.25) is 0 Å². The van der Waals surface area contributed by atoms with Crippen molar-refractivity contribution in [1.82, 2.24) is 0 Å². The number of hydrogen-bond donors (Lipinski definition) is 0. The van der Waals surface area contributed by atoms with Gasteiger partial charge in [0.15, 0.2) is 0 Å². The Morgan fingerprint density at radius 1 is 0.412 bits per heavy atom. The molecule has 2 atom stereocenters. The molecule has 326 valence electrons. The molecule has 0 saturated heterocycles. The van der Waals surface area contributed by atoms with Gasteiger partial charge >= 0.3 is 0 Å². The van der Waals surface area contributed by atoms with E-state index in [-0.39, 0.29) is 21.7 Å². The van der Waals surface area contributed by atoms with Crippen LogP contribution in [0.1, 0.15) is 78.6 Å². The summed E-state index contributed by atoms with van der Waals surface area (Å²) in [5.41, 5.74) is 23.8. The molecule has 68 heavy (non-hydrogen) atoms. The van der Waals surface area contributed by atoms with Crippen LogP contribution in [0.15, 0.2) is 206 Å². The second-order valence-corrected chi connectivity index (χ2v) is 20.7. The third-order valence-corrected chi connectivity index (χ3v) is 16.7. The largest absolute Gasteiger partial charge is 0.309 e. The molecule has 1 saturated carbocycles. The monoisotopic (exact) mass is 873 g/mol. The number of allylic oxidation sites excluding steroid dienone is 3. The number of anilines is 8. The van der Waals surface area contributed by atoms with E-state index < -0.39 is 0 Å². The van der Waals surface area contributed by atoms with E-state index in [1.165, 1.54) is 101 Å². The van der Waals surface area contributed by atoms with E-state index in [9.17, 15) is 0 Å². The van der Waals surface area contributed by atoms with Crippen molar-refractivity contribution in [3.8, 4) is 11.1 Å². The van der Waals surface area contributed by atoms with Crippen LogP contribution in [-0.2, 0) is 16.2 Å². The maximum atomic E-state index is 2.64. The summed E-state index contributed by atoms with van der Waals surface area (Å²) in [5.74, 6) is 0. The van der Waals surface area contributed by atoms with Crippen molar-refractivity contribution < 1.29 is 0 Å². The fourth-order valence-corrected chi connectivity index (χ4v) is 13.2. The Morgan fingerprint density at radius 3 is 1.54 bits per heavy atom. The fraction of sp³-hybridized carbons (Fsp3) is 0.138. The Morgan fingerprint density at radius 2 is 0.912 bits per heavy atom. The van der Waals surface area contributed by atoms with Crippen molar-refractivity contribution in [3.63, 3.8) is 0 Å². The highest BCUT2D eigenvalue weighted by Crippen LogP contribution is 2.81. The van der Waals surface area contributed by atoms with Gasteiger partial charge in [0.05, 0.1) is 34.1 Å². The van der Waals surface area contributed by atoms with Crippen LogP contribution in [-0.4, -0.2) is 0 Å². The lowest BCUT2D eigenvalue weighted by atomic mass is 9.71. The number of fused-ring (bicyclic) bond motifs is 8. The summed E-state index contributed by atoms with van der Waals surface area (Å²) >= 11 is 0. The third-order valence-electron chi connectivity index (χ3n) is 16.7. The van der Waals surface area contributed by atoms with Crippen molar-refractivity contribution in [2.45, 2.75) is 50.4 Å². The molecular weight excluding hydrogens is 823 g/mol. The van der Waals surface area contributed by atoms with Gasteiger partial charge in [0.2, 0.25) is 0 Å². The second-order valence-electron chi connectivity index (χ2n) is 20.7. The standard InChI is InChI=1S/C65H51N3/c1-62(2)53-38-43(28-33-50(53)51-34-32-48(40-54(51)62)67-56-20-10-8-16-45(56)30-31-46-17-9-11-21-57(46)67)26-27-44-29-35-52-55(39-44)63(3,4)65-41-49(36-37-64(52,65)42-65)68-60-24-14-12-22-58(60)66(47-18-6-5-7-19-47)59-23-13-15-25-61(59)68/h5-41H,42H2,1-4H3/b27-26+. The molecule has 1 fully saturated rings. The van der Waals surface area contributed by atoms with Crippen molar-refractivity contribution in [2.75, 3.05) is 14.7 Å². The topological polar surface area (TPSA) is 9.72 Å². The van der Waals surface area contributed by atoms with E-state index in [2.05, 4.69) is 267 Å². The predicted molar refractivity (Wildman–Crippen MR) is 285 cm³/mol. The zero-order chi connectivity index (χ0) is 45.6. The molecular formula is C65H51N3. The summed E-state index contributed by atoms with van der Waals surface area (Å²) in [6.07, 6.45) is 17.9. The van der Waals surface area contributed by atoms with E-state index >= 15 is 0 Å². The number of para-hydroxylation sites is 7. The van der Waals surface area contributed by atoms with Gasteiger partial charge in [-0.2, -0.15) is 0 Å². The minimum Gasteiger partial charge on any atom is -0.309 e. The molecule has 2 aliphatic heterocycles. The Labute approximate surface area is 400 Å². The summed E-state index contributed by atoms with van der Waals surface area (Å²) in [6.45, 7) is 9.76. The molecule has 6 aliphatic rings. The summed E-state index contributed by atoms with van der Waals surface area (Å²) in [7, 11) is 0. The Bertz CT molecular complexity index is 3490. The lowest BCUT2D eigenvalue weighted by Crippen LogP contribution is -2.32. The Balaban J connectivity index is 0.772. The zero-order valence-corrected chi connectivity index (χ0v) is 38.9. The van der Waals surface area contributed by atoms with E-state index in [1.54, 1.807) is 0 Å². The lowest BCUT2D eigenvalue weighted by molar-refractivity contribution is 0.358. The minimum atomic E-state index is -0.166. The highest BCUT2D eigenvalue weighted by atomic mass is 15.3. The van der Waals surface area contributed by atoms with Gasteiger partial charge in [-0.25, -0.2) is 0 Å². The van der Waals surface area contributed by atoms with Crippen molar-refractivity contribution in [1.29, 1.82) is 0 Å². The molecule has 3 nitrogen and oxygen atoms in total. The molecule has 3 heteroatoms. The molecule has 0 radical (unpaired) electrons. The Hall–Kier alpha value is -7.88. The molecule has 8 aromatic carbocycles. The highest BCUT2D eigenvalue weighted by Gasteiger charge is 2.77. The average Bonchev–Trinajstić information content (AvgIpc) is 4.03. The molecule has 0 aromatic heterocycles. The van der Waals surface area contributed by atoms with Gasteiger partial charge in [-0.05, 0) is 129 Å². The van der Waals surface area contributed by atoms with E-state index in [4.69, 9.17) is 0 Å². The van der Waals surface area contributed by atoms with Crippen molar-refractivity contribution in [2.24, 2.45) is 5.41 Å². The quantitative estimate of drug-likeness (QED) is 0.160. The molecule has 8 aromatic rings. The maximum absolute atomic E-state index is 2.64. The van der Waals surface area contributed by atoms with Gasteiger partial charge in [-0.1, -0.05) is 185 Å². The summed E-state index contributed by atoms with van der Waals surface area (Å²) in [5, 5.41) is 0. The number of rotatable bonds is 5. The molecule has 0 spiro atoms. The van der Waals surface area contributed by atoms with E-state index in [0.717, 1.165) is 12.1 Å². The molecule has 2 heterocycles. The maximum Gasteiger partial charge on any atom is 0.0703 e. The van der Waals surface area contributed by atoms with Gasteiger partial charge in [0.1, 0.15) is 0 Å². The van der Waals surface area contributed by atoms with Crippen molar-refractivity contribution >= 4 is 69.8 Å². The van der Waals surface area contributed by atoms with Gasteiger partial charge in [0.25, 0.3) is 0 Å². The SMILES string of the molecule is CC1(C)c2cc(/C=C/c3ccc4c(c3)C(C)(C)C35C=C(N6c7ccccc7N(c7ccccc7)c7ccccc76)C=CC43C5)ccc2-c2ccc(N3c4ccccc4C=Cc4ccccc43)cc21. The first-order valence-corrected chi connectivity index (χ1v) is 24.2. The predicted octanol–water partition coefficient (Wildman–Crippen LogP) is 17.1. The van der Waals surface area contributed by atoms with Gasteiger partial charge in [-0.3, -0.25) is 0 Å². The van der Waals surface area contributed by atoms with Crippen LogP contribution < -0.4 is 14.7 Å². The first-order valence-electron chi connectivity index (χ1n) is 24.2. The van der Waals surface area contributed by atoms with Crippen LogP contribution in [0.25, 0.3) is 35.4 Å². The van der Waals surface area contributed by atoms with Gasteiger partial charge in [0, 0.05) is 38.7 Å². The normalized spacial score (nSPS) is 21.1. The van der Waals surface area contributed by atoms with Crippen LogP contribution in [0.4, 0.5) is 45.5 Å².